The summed E-state index contributed by atoms with van der Waals surface area (Å²) in [6.07, 6.45) is 6.18. The number of nitro groups is 1. The quantitative estimate of drug-likeness (QED) is 0.378. The van der Waals surface area contributed by atoms with E-state index in [0.717, 1.165) is 37.5 Å². The molecule has 0 bridgehead atoms. The number of nitro benzene ring substituents is 1. The van der Waals surface area contributed by atoms with Gasteiger partial charge in [0.2, 0.25) is 0 Å². The van der Waals surface area contributed by atoms with Gasteiger partial charge in [-0.3, -0.25) is 10.1 Å². The van der Waals surface area contributed by atoms with E-state index in [-0.39, 0.29) is 16.7 Å². The Hall–Kier alpha value is -2.15. The molecule has 1 saturated carbocycles. The third kappa shape index (κ3) is 4.92. The predicted molar refractivity (Wildman–Crippen MR) is 96.4 cm³/mol. The molecule has 2 N–H and O–H groups in total. The molecule has 0 atom stereocenters. The lowest BCUT2D eigenvalue weighted by Crippen LogP contribution is -2.49. The number of likely N-dealkylation sites (tertiary alicyclic amines) is 1. The lowest BCUT2D eigenvalue weighted by molar-refractivity contribution is -0.384. The first-order valence-corrected chi connectivity index (χ1v) is 9.09. The molecule has 0 amide bonds. The lowest BCUT2D eigenvalue weighted by atomic mass is 10.1. The Morgan fingerprint density at radius 2 is 1.84 bits per heavy atom. The van der Waals surface area contributed by atoms with Crippen molar-refractivity contribution in [2.45, 2.75) is 57.2 Å². The minimum absolute atomic E-state index is 0.0991. The Morgan fingerprint density at radius 1 is 1.20 bits per heavy atom. The summed E-state index contributed by atoms with van der Waals surface area (Å²) in [5, 5.41) is 24.1. The maximum atomic E-state index is 10.7. The molecule has 1 saturated heterocycles. The van der Waals surface area contributed by atoms with Gasteiger partial charge in [0.1, 0.15) is 0 Å². The van der Waals surface area contributed by atoms with Gasteiger partial charge in [0.15, 0.2) is 5.96 Å². The van der Waals surface area contributed by atoms with Crippen LogP contribution >= 0.6 is 0 Å². The summed E-state index contributed by atoms with van der Waals surface area (Å²) >= 11 is 0. The maximum Gasteiger partial charge on any atom is 0.269 e. The van der Waals surface area contributed by atoms with Gasteiger partial charge in [-0.2, -0.15) is 0 Å². The molecule has 136 valence electrons. The molecule has 0 aromatic heterocycles. The number of hydrogen-bond acceptors (Lipinski definition) is 4. The summed E-state index contributed by atoms with van der Waals surface area (Å²) in [6, 6.07) is 7.03. The van der Waals surface area contributed by atoms with Crippen LogP contribution in [0.1, 0.15) is 44.1 Å². The molecule has 2 aliphatic rings. The van der Waals surface area contributed by atoms with Crippen LogP contribution in [0.3, 0.4) is 0 Å². The van der Waals surface area contributed by atoms with E-state index < -0.39 is 0 Å². The number of nitrogens with one attached hydrogen (secondary N) is 1. The second-order valence-electron chi connectivity index (χ2n) is 6.91. The van der Waals surface area contributed by atoms with Crippen molar-refractivity contribution >= 4 is 11.6 Å². The highest BCUT2D eigenvalue weighted by molar-refractivity contribution is 5.80. The lowest BCUT2D eigenvalue weighted by Gasteiger charge is -2.33. The summed E-state index contributed by atoms with van der Waals surface area (Å²) in [5.74, 6) is 0.900. The van der Waals surface area contributed by atoms with E-state index in [0.29, 0.717) is 12.6 Å². The minimum atomic E-state index is -0.390. The summed E-state index contributed by atoms with van der Waals surface area (Å²) in [7, 11) is 0. The molecule has 0 radical (unpaired) electrons. The van der Waals surface area contributed by atoms with Crippen LogP contribution in [0, 0.1) is 10.1 Å². The van der Waals surface area contributed by atoms with Crippen molar-refractivity contribution in [3.8, 4) is 0 Å². The van der Waals surface area contributed by atoms with Crippen molar-refractivity contribution < 1.29 is 10.0 Å². The Kier molecular flexibility index (Phi) is 5.86. The highest BCUT2D eigenvalue weighted by Crippen LogP contribution is 2.19. The van der Waals surface area contributed by atoms with Gasteiger partial charge < -0.3 is 15.3 Å². The van der Waals surface area contributed by atoms with Gasteiger partial charge in [-0.1, -0.05) is 25.0 Å². The molecule has 2 fully saturated rings. The first kappa shape index (κ1) is 17.7. The van der Waals surface area contributed by atoms with E-state index in [9.17, 15) is 15.2 Å². The van der Waals surface area contributed by atoms with Crippen LogP contribution < -0.4 is 5.32 Å². The Morgan fingerprint density at radius 3 is 2.44 bits per heavy atom. The number of aliphatic imine (C=N–C) groups is 1. The van der Waals surface area contributed by atoms with Crippen molar-refractivity contribution in [2.75, 3.05) is 13.1 Å². The van der Waals surface area contributed by atoms with Gasteiger partial charge >= 0.3 is 0 Å². The molecular formula is C18H26N4O3. The number of rotatable bonds is 4. The predicted octanol–water partition coefficient (Wildman–Crippen LogP) is 2.44. The zero-order chi connectivity index (χ0) is 17.6. The number of benzene rings is 1. The smallest absolute Gasteiger partial charge is 0.269 e. The largest absolute Gasteiger partial charge is 0.393 e. The normalized spacial score (nSPS) is 20.0. The Labute approximate surface area is 147 Å². The van der Waals surface area contributed by atoms with E-state index in [4.69, 9.17) is 4.99 Å². The van der Waals surface area contributed by atoms with E-state index in [1.54, 1.807) is 12.1 Å². The van der Waals surface area contributed by atoms with Crippen LogP contribution in [-0.2, 0) is 6.54 Å². The first-order chi connectivity index (χ1) is 12.1. The first-order valence-electron chi connectivity index (χ1n) is 9.09. The minimum Gasteiger partial charge on any atom is -0.393 e. The fourth-order valence-corrected chi connectivity index (χ4v) is 3.46. The number of non-ortho nitro benzene ring substituents is 1. The van der Waals surface area contributed by atoms with Crippen molar-refractivity contribution in [1.82, 2.24) is 10.2 Å². The van der Waals surface area contributed by atoms with Gasteiger partial charge in [0.05, 0.1) is 17.6 Å². The van der Waals surface area contributed by atoms with Gasteiger partial charge in [-0.25, -0.2) is 4.99 Å². The van der Waals surface area contributed by atoms with Crippen LogP contribution in [0.2, 0.25) is 0 Å². The second-order valence-corrected chi connectivity index (χ2v) is 6.91. The zero-order valence-corrected chi connectivity index (χ0v) is 14.4. The number of hydrogen-bond donors (Lipinski definition) is 2. The molecule has 0 unspecified atom stereocenters. The fourth-order valence-electron chi connectivity index (χ4n) is 3.46. The van der Waals surface area contributed by atoms with Gasteiger partial charge in [-0.15, -0.1) is 0 Å². The summed E-state index contributed by atoms with van der Waals surface area (Å²) < 4.78 is 0. The molecule has 1 aromatic rings. The number of aliphatic hydroxyl groups excluding tert-OH is 1. The SMILES string of the molecule is O=[N+]([O-])c1ccc(CN=C(NC2CCCC2)N2CCC(O)CC2)cc1. The van der Waals surface area contributed by atoms with Crippen LogP contribution in [0.4, 0.5) is 5.69 Å². The van der Waals surface area contributed by atoms with Crippen molar-refractivity contribution in [3.63, 3.8) is 0 Å². The maximum absolute atomic E-state index is 10.7. The molecule has 7 heteroatoms. The van der Waals surface area contributed by atoms with E-state index in [1.807, 2.05) is 0 Å². The molecular weight excluding hydrogens is 320 g/mol. The standard InChI is InChI=1S/C18H26N4O3/c23-17-9-11-21(12-10-17)18(20-15-3-1-2-4-15)19-13-14-5-7-16(8-6-14)22(24)25/h5-8,15,17,23H,1-4,9-13H2,(H,19,20). The Bertz CT molecular complexity index is 603. The third-order valence-corrected chi connectivity index (χ3v) is 5.01. The molecule has 1 aliphatic heterocycles. The number of piperidine rings is 1. The molecule has 25 heavy (non-hydrogen) atoms. The van der Waals surface area contributed by atoms with E-state index in [2.05, 4.69) is 10.2 Å². The Balaban J connectivity index is 1.68. The highest BCUT2D eigenvalue weighted by Gasteiger charge is 2.23. The van der Waals surface area contributed by atoms with Crippen molar-refractivity contribution in [3.05, 3.63) is 39.9 Å². The van der Waals surface area contributed by atoms with Crippen LogP contribution in [0.5, 0.6) is 0 Å². The molecule has 0 spiro atoms. The number of guanidine groups is 1. The second kappa shape index (κ2) is 8.29. The van der Waals surface area contributed by atoms with Crippen molar-refractivity contribution in [2.24, 2.45) is 4.99 Å². The topological polar surface area (TPSA) is 91.0 Å². The molecule has 7 nitrogen and oxygen atoms in total. The fraction of sp³-hybridized carbons (Fsp3) is 0.611. The molecule has 1 aromatic carbocycles. The summed E-state index contributed by atoms with van der Waals surface area (Å²) in [6.45, 7) is 2.10. The van der Waals surface area contributed by atoms with Crippen LogP contribution in [0.25, 0.3) is 0 Å². The molecule has 1 aliphatic carbocycles. The van der Waals surface area contributed by atoms with E-state index >= 15 is 0 Å². The van der Waals surface area contributed by atoms with Crippen molar-refractivity contribution in [1.29, 1.82) is 0 Å². The van der Waals surface area contributed by atoms with Gasteiger partial charge in [0, 0.05) is 31.3 Å². The monoisotopic (exact) mass is 346 g/mol. The zero-order valence-electron chi connectivity index (χ0n) is 14.4. The van der Waals surface area contributed by atoms with Gasteiger partial charge in [-0.05, 0) is 31.2 Å². The van der Waals surface area contributed by atoms with Gasteiger partial charge in [0.25, 0.3) is 5.69 Å². The average Bonchev–Trinajstić information content (AvgIpc) is 3.13. The number of nitrogens with zero attached hydrogens (tertiary/aromatic N) is 3. The summed E-state index contributed by atoms with van der Waals surface area (Å²) in [4.78, 5) is 17.3. The molecule has 1 heterocycles. The average molecular weight is 346 g/mol. The van der Waals surface area contributed by atoms with Crippen LogP contribution in [-0.4, -0.2) is 46.1 Å². The molecule has 3 rings (SSSR count). The highest BCUT2D eigenvalue weighted by atomic mass is 16.6. The van der Waals surface area contributed by atoms with Crippen LogP contribution in [0.15, 0.2) is 29.3 Å². The third-order valence-electron chi connectivity index (χ3n) is 5.01. The van der Waals surface area contributed by atoms with E-state index in [1.165, 1.54) is 37.8 Å². The number of aliphatic hydroxyl groups is 1. The summed E-state index contributed by atoms with van der Waals surface area (Å²) in [5.41, 5.74) is 1.05.